The molecule has 1 aliphatic rings. The van der Waals surface area contributed by atoms with E-state index < -0.39 is 0 Å². The lowest BCUT2D eigenvalue weighted by Crippen LogP contribution is -2.27. The van der Waals surface area contributed by atoms with Crippen LogP contribution in [-0.4, -0.2) is 28.0 Å². The lowest BCUT2D eigenvalue weighted by atomic mass is 9.96. The van der Waals surface area contributed by atoms with Gasteiger partial charge in [0.05, 0.1) is 24.9 Å². The van der Waals surface area contributed by atoms with Crippen LogP contribution in [0.5, 0.6) is 0 Å². The molecule has 2 aromatic rings. The molecule has 7 heteroatoms. The molecule has 0 aromatic carbocycles. The van der Waals surface area contributed by atoms with Gasteiger partial charge in [-0.15, -0.1) is 0 Å². The second kappa shape index (κ2) is 5.10. The monoisotopic (exact) mass is 264 g/mol. The van der Waals surface area contributed by atoms with Gasteiger partial charge in [-0.25, -0.2) is 0 Å². The highest BCUT2D eigenvalue weighted by Crippen LogP contribution is 2.24. The average Bonchev–Trinajstić information content (AvgIpc) is 2.94. The number of ether oxygens (including phenoxy) is 1. The second-order valence-corrected chi connectivity index (χ2v) is 4.75. The molecule has 3 rings (SSSR count). The van der Waals surface area contributed by atoms with Crippen molar-refractivity contribution < 1.29 is 13.8 Å². The first kappa shape index (κ1) is 12.3. The van der Waals surface area contributed by atoms with Gasteiger partial charge >= 0.3 is 0 Å². The predicted molar refractivity (Wildman–Crippen MR) is 65.1 cm³/mol. The lowest BCUT2D eigenvalue weighted by molar-refractivity contribution is -0.00549. The molecule has 0 bridgehead atoms. The third-order valence-electron chi connectivity index (χ3n) is 3.32. The summed E-state index contributed by atoms with van der Waals surface area (Å²) in [5.41, 5.74) is 6.66. The Morgan fingerprint density at radius 1 is 1.47 bits per heavy atom. The van der Waals surface area contributed by atoms with Gasteiger partial charge in [0, 0.05) is 0 Å². The molecule has 2 aromatic heterocycles. The molecule has 19 heavy (non-hydrogen) atoms. The summed E-state index contributed by atoms with van der Waals surface area (Å²) in [6.45, 7) is 2.19. The molecule has 1 unspecified atom stereocenters. The molecule has 0 spiro atoms. The van der Waals surface area contributed by atoms with Crippen molar-refractivity contribution in [2.45, 2.75) is 38.3 Å². The molecular formula is C12H16N4O3. The fourth-order valence-corrected chi connectivity index (χ4v) is 1.85. The molecule has 1 fully saturated rings. The van der Waals surface area contributed by atoms with Gasteiger partial charge < -0.3 is 19.5 Å². The molecular weight excluding hydrogens is 248 g/mol. The van der Waals surface area contributed by atoms with E-state index in [2.05, 4.69) is 15.3 Å². The number of rotatable bonds is 5. The molecule has 7 nitrogen and oxygen atoms in total. The van der Waals surface area contributed by atoms with E-state index in [0.29, 0.717) is 35.7 Å². The minimum Gasteiger partial charge on any atom is -0.376 e. The van der Waals surface area contributed by atoms with Gasteiger partial charge in [-0.3, -0.25) is 0 Å². The summed E-state index contributed by atoms with van der Waals surface area (Å²) >= 11 is 0. The van der Waals surface area contributed by atoms with Gasteiger partial charge in [-0.2, -0.15) is 4.98 Å². The molecule has 2 N–H and O–H groups in total. The Labute approximate surface area is 110 Å². The summed E-state index contributed by atoms with van der Waals surface area (Å²) in [5.74, 6) is 1.44. The van der Waals surface area contributed by atoms with E-state index in [9.17, 15) is 0 Å². The predicted octanol–water partition coefficient (Wildman–Crippen LogP) is 1.60. The first-order valence-corrected chi connectivity index (χ1v) is 6.36. The normalized spacial score (nSPS) is 17.4. The molecule has 0 amide bonds. The van der Waals surface area contributed by atoms with Crippen LogP contribution in [0.25, 0.3) is 11.5 Å². The molecule has 0 radical (unpaired) electrons. The van der Waals surface area contributed by atoms with Crippen molar-refractivity contribution in [3.63, 3.8) is 0 Å². The van der Waals surface area contributed by atoms with Crippen molar-refractivity contribution in [3.05, 3.63) is 17.8 Å². The first-order chi connectivity index (χ1) is 9.24. The summed E-state index contributed by atoms with van der Waals surface area (Å²) < 4.78 is 15.8. The summed E-state index contributed by atoms with van der Waals surface area (Å²) in [6.07, 6.45) is 5.36. The second-order valence-electron chi connectivity index (χ2n) is 4.75. The lowest BCUT2D eigenvalue weighted by Gasteiger charge is -2.26. The Morgan fingerprint density at radius 3 is 2.95 bits per heavy atom. The third kappa shape index (κ3) is 2.52. The smallest absolute Gasteiger partial charge is 0.263 e. The maximum atomic E-state index is 5.98. The van der Waals surface area contributed by atoms with Crippen LogP contribution >= 0.6 is 0 Å². The van der Waals surface area contributed by atoms with Gasteiger partial charge in [-0.1, -0.05) is 10.3 Å². The fraction of sp³-hybridized carbons (Fsp3) is 0.583. The van der Waals surface area contributed by atoms with E-state index in [1.54, 1.807) is 13.1 Å². The molecule has 2 heterocycles. The van der Waals surface area contributed by atoms with Crippen molar-refractivity contribution in [2.75, 3.05) is 6.61 Å². The molecule has 102 valence electrons. The highest BCUT2D eigenvalue weighted by Gasteiger charge is 2.22. The zero-order chi connectivity index (χ0) is 13.2. The van der Waals surface area contributed by atoms with Crippen molar-refractivity contribution in [2.24, 2.45) is 5.73 Å². The first-order valence-electron chi connectivity index (χ1n) is 6.36. The van der Waals surface area contributed by atoms with Gasteiger partial charge in [0.1, 0.15) is 11.3 Å². The van der Waals surface area contributed by atoms with E-state index in [-0.39, 0.29) is 6.04 Å². The van der Waals surface area contributed by atoms with Crippen molar-refractivity contribution >= 4 is 0 Å². The summed E-state index contributed by atoms with van der Waals surface area (Å²) in [5, 5.41) is 7.55. The topological polar surface area (TPSA) is 100 Å². The van der Waals surface area contributed by atoms with Gasteiger partial charge in [-0.05, 0) is 26.2 Å². The minimum atomic E-state index is -0.377. The number of nitrogens with zero attached hydrogens (tertiary/aromatic N) is 3. The van der Waals surface area contributed by atoms with E-state index in [4.69, 9.17) is 19.5 Å². The standard InChI is InChI=1S/C12H16N4O3/c1-7-9(5-14-18-7)12-15-11(16-19-12)10(13)6-17-8-3-2-4-8/h5,8,10H,2-4,6,13H2,1H3. The maximum absolute atomic E-state index is 5.98. The largest absolute Gasteiger partial charge is 0.376 e. The molecule has 0 aliphatic heterocycles. The molecule has 1 saturated carbocycles. The zero-order valence-electron chi connectivity index (χ0n) is 10.7. The Morgan fingerprint density at radius 2 is 2.32 bits per heavy atom. The van der Waals surface area contributed by atoms with E-state index >= 15 is 0 Å². The van der Waals surface area contributed by atoms with E-state index in [1.165, 1.54) is 6.42 Å². The average molecular weight is 264 g/mol. The number of aromatic nitrogens is 3. The van der Waals surface area contributed by atoms with E-state index in [0.717, 1.165) is 12.8 Å². The van der Waals surface area contributed by atoms with Gasteiger partial charge in [0.15, 0.2) is 5.82 Å². The molecule has 1 aliphatic carbocycles. The van der Waals surface area contributed by atoms with Crippen LogP contribution in [-0.2, 0) is 4.74 Å². The van der Waals surface area contributed by atoms with E-state index in [1.807, 2.05) is 0 Å². The number of aryl methyl sites for hydroxylation is 1. The summed E-state index contributed by atoms with van der Waals surface area (Å²) in [7, 11) is 0. The highest BCUT2D eigenvalue weighted by molar-refractivity contribution is 5.53. The molecule has 1 atom stereocenters. The van der Waals surface area contributed by atoms with Crippen LogP contribution in [0.1, 0.15) is 36.9 Å². The van der Waals surface area contributed by atoms with Crippen LogP contribution < -0.4 is 5.73 Å². The Kier molecular flexibility index (Phi) is 3.31. The minimum absolute atomic E-state index is 0.345. The summed E-state index contributed by atoms with van der Waals surface area (Å²) in [6, 6.07) is -0.377. The van der Waals surface area contributed by atoms with Crippen LogP contribution in [0.15, 0.2) is 15.2 Å². The maximum Gasteiger partial charge on any atom is 0.263 e. The van der Waals surface area contributed by atoms with Crippen molar-refractivity contribution in [3.8, 4) is 11.5 Å². The van der Waals surface area contributed by atoms with Gasteiger partial charge in [0.25, 0.3) is 5.89 Å². The molecule has 0 saturated heterocycles. The number of nitrogens with two attached hydrogens (primary N) is 1. The number of hydrogen-bond acceptors (Lipinski definition) is 7. The summed E-state index contributed by atoms with van der Waals surface area (Å²) in [4.78, 5) is 4.25. The Bertz CT molecular complexity index is 547. The van der Waals surface area contributed by atoms with Gasteiger partial charge in [0.2, 0.25) is 0 Å². The van der Waals surface area contributed by atoms with Crippen molar-refractivity contribution in [1.82, 2.24) is 15.3 Å². The van der Waals surface area contributed by atoms with Crippen molar-refractivity contribution in [1.29, 1.82) is 0 Å². The SMILES string of the molecule is Cc1oncc1-c1nc(C(N)COC2CCC2)no1. The van der Waals surface area contributed by atoms with Crippen LogP contribution in [0.2, 0.25) is 0 Å². The highest BCUT2D eigenvalue weighted by atomic mass is 16.5. The Balaban J connectivity index is 1.65. The number of hydrogen-bond donors (Lipinski definition) is 1. The van der Waals surface area contributed by atoms with Crippen LogP contribution in [0, 0.1) is 6.92 Å². The quantitative estimate of drug-likeness (QED) is 0.875. The third-order valence-corrected chi connectivity index (χ3v) is 3.32. The Hall–Kier alpha value is -1.73. The van der Waals surface area contributed by atoms with Crippen LogP contribution in [0.3, 0.4) is 0 Å². The zero-order valence-corrected chi connectivity index (χ0v) is 10.7. The van der Waals surface area contributed by atoms with Crippen LogP contribution in [0.4, 0.5) is 0 Å². The fourth-order valence-electron chi connectivity index (χ4n) is 1.85.